The predicted octanol–water partition coefficient (Wildman–Crippen LogP) is 9.20. The summed E-state index contributed by atoms with van der Waals surface area (Å²) in [5.74, 6) is -2.36. The van der Waals surface area contributed by atoms with E-state index in [0.29, 0.717) is 12.8 Å². The number of rotatable bonds is 35. The summed E-state index contributed by atoms with van der Waals surface area (Å²) in [6.45, 7) is 3.30. The number of esters is 1. The van der Waals surface area contributed by atoms with Gasteiger partial charge in [-0.3, -0.25) is 14.4 Å². The van der Waals surface area contributed by atoms with Crippen molar-refractivity contribution in [2.75, 3.05) is 13.2 Å². The van der Waals surface area contributed by atoms with Gasteiger partial charge < -0.3 is 25.6 Å². The minimum atomic E-state index is -1.39. The van der Waals surface area contributed by atoms with Crippen LogP contribution < -0.4 is 10.6 Å². The highest BCUT2D eigenvalue weighted by Crippen LogP contribution is 2.18. The Balaban J connectivity index is 4.09. The van der Waals surface area contributed by atoms with Gasteiger partial charge in [0.25, 0.3) is 0 Å². The Morgan fingerprint density at radius 1 is 0.608 bits per heavy atom. The predicted molar refractivity (Wildman–Crippen MR) is 208 cm³/mol. The first-order valence-corrected chi connectivity index (χ1v) is 20.0. The molecule has 0 radical (unpaired) electrons. The van der Waals surface area contributed by atoms with Crippen molar-refractivity contribution in [2.45, 2.75) is 180 Å². The fraction of sp³-hybridized carbons (Fsp3) is 0.714. The average molecular weight is 717 g/mol. The zero-order valence-corrected chi connectivity index (χ0v) is 32.1. The Morgan fingerprint density at radius 3 is 1.69 bits per heavy atom. The summed E-state index contributed by atoms with van der Waals surface area (Å²) >= 11 is 0. The van der Waals surface area contributed by atoms with E-state index in [4.69, 9.17) is 14.9 Å². The van der Waals surface area contributed by atoms with Crippen molar-refractivity contribution >= 4 is 23.8 Å². The molecule has 0 heterocycles. The van der Waals surface area contributed by atoms with Crippen molar-refractivity contribution in [1.29, 1.82) is 0 Å². The van der Waals surface area contributed by atoms with Crippen LogP contribution in [-0.4, -0.2) is 59.3 Å². The van der Waals surface area contributed by atoms with Crippen molar-refractivity contribution in [3.05, 3.63) is 48.6 Å². The van der Waals surface area contributed by atoms with Crippen molar-refractivity contribution in [3.8, 4) is 0 Å². The van der Waals surface area contributed by atoms with E-state index >= 15 is 0 Å². The summed E-state index contributed by atoms with van der Waals surface area (Å²) in [7, 11) is 0. The third kappa shape index (κ3) is 33.7. The highest BCUT2D eigenvalue weighted by molar-refractivity contribution is 5.87. The van der Waals surface area contributed by atoms with E-state index in [9.17, 15) is 19.2 Å². The number of ether oxygens (including phenoxy) is 1. The van der Waals surface area contributed by atoms with Gasteiger partial charge >= 0.3 is 11.9 Å². The summed E-state index contributed by atoms with van der Waals surface area (Å²) < 4.78 is 5.93. The van der Waals surface area contributed by atoms with Crippen LogP contribution in [0.4, 0.5) is 0 Å². The number of carbonyl (C=O) groups excluding carboxylic acids is 3. The Kier molecular flexibility index (Phi) is 34.3. The molecule has 0 saturated carbocycles. The number of unbranched alkanes of at least 4 members (excludes halogenated alkanes) is 13. The minimum absolute atomic E-state index is 0.0483. The van der Waals surface area contributed by atoms with E-state index in [1.165, 1.54) is 38.5 Å². The van der Waals surface area contributed by atoms with Gasteiger partial charge in [-0.1, -0.05) is 127 Å². The topological polar surface area (TPSA) is 142 Å². The number of aliphatic hydroxyl groups excluding tert-OH is 1. The van der Waals surface area contributed by atoms with E-state index in [0.717, 1.165) is 96.3 Å². The Labute approximate surface area is 309 Å². The maximum atomic E-state index is 12.6. The van der Waals surface area contributed by atoms with Gasteiger partial charge in [0.1, 0.15) is 12.1 Å². The second kappa shape index (κ2) is 36.6. The standard InChI is InChI=1S/C42H72N2O7/c1-3-5-7-9-10-11-12-13-14-15-16-17-18-19-20-21-22-24-30-34-41(48)51-37(31-27-23-8-6-4-2)32-28-25-26-29-33-39(46)43-35-40(47)44-38(36-45)42(49)50/h5,7,10-11,13-14,16-17,37-38,45H,3-4,6,8-9,12,15,18-36H2,1-2H3,(H,43,46)(H,44,47)(H,49,50)/b7-5-,11-10-,14-13-,17-16-. The van der Waals surface area contributed by atoms with Crippen molar-refractivity contribution in [2.24, 2.45) is 0 Å². The molecule has 2 atom stereocenters. The number of nitrogens with one attached hydrogen (secondary N) is 2. The molecule has 9 nitrogen and oxygen atoms in total. The summed E-state index contributed by atoms with van der Waals surface area (Å²) in [6, 6.07) is -1.39. The van der Waals surface area contributed by atoms with Gasteiger partial charge in [-0.05, 0) is 77.0 Å². The quantitative estimate of drug-likeness (QED) is 0.0291. The molecule has 0 bridgehead atoms. The summed E-state index contributed by atoms with van der Waals surface area (Å²) in [5.41, 5.74) is 0. The van der Waals surface area contributed by atoms with Crippen LogP contribution in [0.1, 0.15) is 168 Å². The molecular formula is C42H72N2O7. The number of carboxylic acids is 1. The van der Waals surface area contributed by atoms with Gasteiger partial charge in [0, 0.05) is 12.8 Å². The molecule has 0 aromatic rings. The molecule has 0 aliphatic heterocycles. The number of allylic oxidation sites excluding steroid dienone is 8. The molecule has 0 saturated heterocycles. The monoisotopic (exact) mass is 717 g/mol. The molecule has 2 amide bonds. The second-order valence-electron chi connectivity index (χ2n) is 13.3. The fourth-order valence-electron chi connectivity index (χ4n) is 5.53. The van der Waals surface area contributed by atoms with Crippen LogP contribution in [0.5, 0.6) is 0 Å². The smallest absolute Gasteiger partial charge is 0.328 e. The SMILES string of the molecule is CC/C=C\C/C=C\C/C=C\C/C=C\CCCCCCCCC(=O)OC(CCCCCCC)CCCCCCC(=O)NCC(=O)NC(CO)C(=O)O. The molecular weight excluding hydrogens is 644 g/mol. The van der Waals surface area contributed by atoms with Crippen LogP contribution in [-0.2, 0) is 23.9 Å². The van der Waals surface area contributed by atoms with Crippen LogP contribution in [0, 0.1) is 0 Å². The van der Waals surface area contributed by atoms with E-state index in [1.54, 1.807) is 0 Å². The van der Waals surface area contributed by atoms with Gasteiger partial charge in [-0.2, -0.15) is 0 Å². The first kappa shape index (κ1) is 47.8. The minimum Gasteiger partial charge on any atom is -0.480 e. The van der Waals surface area contributed by atoms with Gasteiger partial charge in [-0.15, -0.1) is 0 Å². The third-order valence-electron chi connectivity index (χ3n) is 8.59. The molecule has 51 heavy (non-hydrogen) atoms. The van der Waals surface area contributed by atoms with Crippen LogP contribution in [0.2, 0.25) is 0 Å². The zero-order valence-electron chi connectivity index (χ0n) is 32.1. The lowest BCUT2D eigenvalue weighted by Crippen LogP contribution is -2.47. The largest absolute Gasteiger partial charge is 0.480 e. The van der Waals surface area contributed by atoms with Crippen molar-refractivity contribution in [3.63, 3.8) is 0 Å². The molecule has 4 N–H and O–H groups in total. The van der Waals surface area contributed by atoms with Crippen LogP contribution in [0.25, 0.3) is 0 Å². The molecule has 0 aromatic heterocycles. The van der Waals surface area contributed by atoms with Crippen LogP contribution in [0.15, 0.2) is 48.6 Å². The molecule has 0 spiro atoms. The maximum absolute atomic E-state index is 12.6. The molecule has 292 valence electrons. The lowest BCUT2D eigenvalue weighted by Gasteiger charge is -2.18. The average Bonchev–Trinajstić information content (AvgIpc) is 3.11. The molecule has 2 unspecified atom stereocenters. The number of carbonyl (C=O) groups is 4. The van der Waals surface area contributed by atoms with E-state index in [-0.39, 0.29) is 30.9 Å². The number of hydrogen-bond donors (Lipinski definition) is 4. The van der Waals surface area contributed by atoms with E-state index in [1.807, 2.05) is 0 Å². The molecule has 0 fully saturated rings. The van der Waals surface area contributed by atoms with E-state index < -0.39 is 24.5 Å². The molecule has 0 aliphatic rings. The Bertz CT molecular complexity index is 1010. The zero-order chi connectivity index (χ0) is 37.6. The lowest BCUT2D eigenvalue weighted by atomic mass is 10.0. The van der Waals surface area contributed by atoms with E-state index in [2.05, 4.69) is 73.1 Å². The van der Waals surface area contributed by atoms with Gasteiger partial charge in [0.2, 0.25) is 11.8 Å². The molecule has 0 aliphatic carbocycles. The first-order valence-electron chi connectivity index (χ1n) is 20.0. The van der Waals surface area contributed by atoms with Crippen LogP contribution in [0.3, 0.4) is 0 Å². The molecule has 0 aromatic carbocycles. The van der Waals surface area contributed by atoms with Crippen molar-refractivity contribution in [1.82, 2.24) is 10.6 Å². The van der Waals surface area contributed by atoms with Gasteiger partial charge in [-0.25, -0.2) is 4.79 Å². The summed E-state index contributed by atoms with van der Waals surface area (Å²) in [5, 5.41) is 22.5. The third-order valence-corrected chi connectivity index (χ3v) is 8.59. The van der Waals surface area contributed by atoms with Crippen molar-refractivity contribution < 1.29 is 34.1 Å². The Hall–Kier alpha value is -3.20. The number of aliphatic carboxylic acids is 1. The maximum Gasteiger partial charge on any atom is 0.328 e. The number of carboxylic acid groups (broad SMARTS) is 1. The first-order chi connectivity index (χ1) is 24.8. The normalized spacial score (nSPS) is 13.0. The number of aliphatic hydroxyl groups is 1. The molecule has 0 rings (SSSR count). The Morgan fingerprint density at radius 2 is 1.12 bits per heavy atom. The number of amides is 2. The number of hydrogen-bond acceptors (Lipinski definition) is 6. The summed E-state index contributed by atoms with van der Waals surface area (Å²) in [6.07, 6.45) is 41.5. The highest BCUT2D eigenvalue weighted by atomic mass is 16.5. The highest BCUT2D eigenvalue weighted by Gasteiger charge is 2.19. The fourth-order valence-corrected chi connectivity index (χ4v) is 5.53. The second-order valence-corrected chi connectivity index (χ2v) is 13.3. The van der Waals surface area contributed by atoms with Gasteiger partial charge in [0.05, 0.1) is 13.2 Å². The van der Waals surface area contributed by atoms with Gasteiger partial charge in [0.15, 0.2) is 0 Å². The summed E-state index contributed by atoms with van der Waals surface area (Å²) in [4.78, 5) is 47.3. The molecule has 9 heteroatoms. The lowest BCUT2D eigenvalue weighted by molar-refractivity contribution is -0.150. The van der Waals surface area contributed by atoms with Crippen LogP contribution >= 0.6 is 0 Å².